The van der Waals surface area contributed by atoms with Crippen LogP contribution in [0.5, 0.6) is 5.75 Å². The van der Waals surface area contributed by atoms with Crippen molar-refractivity contribution < 1.29 is 4.74 Å². The van der Waals surface area contributed by atoms with Gasteiger partial charge in [-0.1, -0.05) is 30.3 Å². The summed E-state index contributed by atoms with van der Waals surface area (Å²) in [6, 6.07) is 17.9. The maximum atomic E-state index is 5.62. The number of hydrazone groups is 1. The summed E-state index contributed by atoms with van der Waals surface area (Å²) >= 11 is 1.53. The lowest BCUT2D eigenvalue weighted by Crippen LogP contribution is -2.05. The maximum absolute atomic E-state index is 5.62. The predicted octanol–water partition coefficient (Wildman–Crippen LogP) is 5.04. The first-order valence-electron chi connectivity index (χ1n) is 7.77. The Morgan fingerprint density at radius 3 is 2.54 bits per heavy atom. The van der Waals surface area contributed by atoms with E-state index in [1.165, 1.54) is 11.3 Å². The standard InChI is InChI=1S/C19H19N3OS/c1-14(2)23-17-10-8-15(9-11-17)12-20-22-19-21-18(13-24-19)16-6-4-3-5-7-16/h3-14H,1-2H3,(H,21,22). The lowest BCUT2D eigenvalue weighted by molar-refractivity contribution is 0.242. The number of nitrogens with one attached hydrogen (secondary N) is 1. The number of thiazole rings is 1. The van der Waals surface area contributed by atoms with Crippen LogP contribution in [0.3, 0.4) is 0 Å². The Balaban J connectivity index is 1.59. The topological polar surface area (TPSA) is 46.5 Å². The average Bonchev–Trinajstić information content (AvgIpc) is 3.06. The molecule has 24 heavy (non-hydrogen) atoms. The smallest absolute Gasteiger partial charge is 0.203 e. The van der Waals surface area contributed by atoms with Crippen LogP contribution in [0.4, 0.5) is 5.13 Å². The molecule has 0 fully saturated rings. The molecule has 0 radical (unpaired) electrons. The van der Waals surface area contributed by atoms with E-state index in [0.29, 0.717) is 0 Å². The highest BCUT2D eigenvalue weighted by molar-refractivity contribution is 7.14. The second kappa shape index (κ2) is 7.75. The summed E-state index contributed by atoms with van der Waals surface area (Å²) in [6.45, 7) is 4.02. The van der Waals surface area contributed by atoms with Crippen LogP contribution in [-0.2, 0) is 0 Å². The van der Waals surface area contributed by atoms with E-state index in [2.05, 4.69) is 15.5 Å². The Labute approximate surface area is 145 Å². The van der Waals surface area contributed by atoms with Gasteiger partial charge in [0.25, 0.3) is 0 Å². The molecule has 0 spiro atoms. The van der Waals surface area contributed by atoms with Crippen molar-refractivity contribution in [2.45, 2.75) is 20.0 Å². The molecule has 0 aliphatic carbocycles. The molecule has 0 atom stereocenters. The molecule has 0 unspecified atom stereocenters. The molecule has 0 saturated carbocycles. The summed E-state index contributed by atoms with van der Waals surface area (Å²) in [5, 5.41) is 7.03. The maximum Gasteiger partial charge on any atom is 0.203 e. The summed E-state index contributed by atoms with van der Waals surface area (Å²) in [5.74, 6) is 0.863. The van der Waals surface area contributed by atoms with Crippen molar-refractivity contribution in [3.63, 3.8) is 0 Å². The number of ether oxygens (including phenoxy) is 1. The first-order chi connectivity index (χ1) is 11.7. The van der Waals surface area contributed by atoms with Crippen LogP contribution < -0.4 is 10.2 Å². The molecule has 3 aromatic rings. The number of nitrogens with zero attached hydrogens (tertiary/aromatic N) is 2. The van der Waals surface area contributed by atoms with Gasteiger partial charge in [-0.05, 0) is 43.7 Å². The third-order valence-electron chi connectivity index (χ3n) is 3.20. The van der Waals surface area contributed by atoms with Gasteiger partial charge in [-0.25, -0.2) is 4.98 Å². The minimum atomic E-state index is 0.176. The van der Waals surface area contributed by atoms with E-state index >= 15 is 0 Å². The van der Waals surface area contributed by atoms with Gasteiger partial charge in [-0.2, -0.15) is 5.10 Å². The van der Waals surface area contributed by atoms with E-state index in [1.54, 1.807) is 6.21 Å². The van der Waals surface area contributed by atoms with Crippen LogP contribution in [0.1, 0.15) is 19.4 Å². The monoisotopic (exact) mass is 337 g/mol. The van der Waals surface area contributed by atoms with E-state index in [4.69, 9.17) is 4.74 Å². The van der Waals surface area contributed by atoms with Crippen molar-refractivity contribution in [3.8, 4) is 17.0 Å². The number of aromatic nitrogens is 1. The van der Waals surface area contributed by atoms with Gasteiger partial charge < -0.3 is 4.74 Å². The fourth-order valence-electron chi connectivity index (χ4n) is 2.13. The Morgan fingerprint density at radius 2 is 1.83 bits per heavy atom. The molecule has 4 nitrogen and oxygen atoms in total. The van der Waals surface area contributed by atoms with E-state index in [9.17, 15) is 0 Å². The highest BCUT2D eigenvalue weighted by Gasteiger charge is 2.02. The minimum Gasteiger partial charge on any atom is -0.491 e. The van der Waals surface area contributed by atoms with Crippen LogP contribution in [0.25, 0.3) is 11.3 Å². The predicted molar refractivity (Wildman–Crippen MR) is 101 cm³/mol. The molecular weight excluding hydrogens is 318 g/mol. The molecule has 0 aliphatic rings. The molecule has 0 aliphatic heterocycles. The van der Waals surface area contributed by atoms with Gasteiger partial charge in [0.15, 0.2) is 0 Å². The van der Waals surface area contributed by atoms with Crippen molar-refractivity contribution in [2.24, 2.45) is 5.10 Å². The number of anilines is 1. The molecule has 5 heteroatoms. The van der Waals surface area contributed by atoms with Crippen molar-refractivity contribution in [1.29, 1.82) is 0 Å². The highest BCUT2D eigenvalue weighted by atomic mass is 32.1. The lowest BCUT2D eigenvalue weighted by atomic mass is 10.2. The van der Waals surface area contributed by atoms with E-state index in [-0.39, 0.29) is 6.10 Å². The summed E-state index contributed by atoms with van der Waals surface area (Å²) in [7, 11) is 0. The molecule has 2 aromatic carbocycles. The van der Waals surface area contributed by atoms with Gasteiger partial charge in [-0.3, -0.25) is 5.43 Å². The van der Waals surface area contributed by atoms with Crippen molar-refractivity contribution in [1.82, 2.24) is 4.98 Å². The van der Waals surface area contributed by atoms with Crippen LogP contribution in [0, 0.1) is 0 Å². The number of hydrogen-bond acceptors (Lipinski definition) is 5. The zero-order valence-corrected chi connectivity index (χ0v) is 14.5. The molecule has 0 saturated heterocycles. The fraction of sp³-hybridized carbons (Fsp3) is 0.158. The third-order valence-corrected chi connectivity index (χ3v) is 3.95. The molecule has 1 heterocycles. The van der Waals surface area contributed by atoms with Gasteiger partial charge in [0, 0.05) is 10.9 Å². The van der Waals surface area contributed by atoms with E-state index < -0.39 is 0 Å². The summed E-state index contributed by atoms with van der Waals surface area (Å²) < 4.78 is 5.62. The molecule has 0 amide bonds. The van der Waals surface area contributed by atoms with Gasteiger partial charge in [0.1, 0.15) is 5.75 Å². The molecule has 0 bridgehead atoms. The van der Waals surface area contributed by atoms with Gasteiger partial charge in [0.05, 0.1) is 18.0 Å². The second-order valence-corrected chi connectivity index (χ2v) is 6.37. The molecular formula is C19H19N3OS. The second-order valence-electron chi connectivity index (χ2n) is 5.51. The quantitative estimate of drug-likeness (QED) is 0.506. The number of rotatable bonds is 6. The number of benzene rings is 2. The van der Waals surface area contributed by atoms with Crippen molar-refractivity contribution >= 4 is 22.7 Å². The lowest BCUT2D eigenvalue weighted by Gasteiger charge is -2.08. The Hall–Kier alpha value is -2.66. The Bertz CT molecular complexity index is 795. The first kappa shape index (κ1) is 16.2. The highest BCUT2D eigenvalue weighted by Crippen LogP contribution is 2.24. The van der Waals surface area contributed by atoms with Crippen molar-refractivity contribution in [3.05, 3.63) is 65.5 Å². The Morgan fingerprint density at radius 1 is 1.08 bits per heavy atom. The van der Waals surface area contributed by atoms with Crippen LogP contribution in [0.15, 0.2) is 65.1 Å². The summed E-state index contributed by atoms with van der Waals surface area (Å²) in [4.78, 5) is 4.53. The molecule has 122 valence electrons. The molecule has 1 aromatic heterocycles. The zero-order chi connectivity index (χ0) is 16.8. The van der Waals surface area contributed by atoms with Gasteiger partial charge in [0.2, 0.25) is 5.13 Å². The first-order valence-corrected chi connectivity index (χ1v) is 8.65. The van der Waals surface area contributed by atoms with Crippen LogP contribution in [0.2, 0.25) is 0 Å². The largest absolute Gasteiger partial charge is 0.491 e. The third kappa shape index (κ3) is 4.43. The minimum absolute atomic E-state index is 0.176. The van der Waals surface area contributed by atoms with Gasteiger partial charge >= 0.3 is 0 Å². The summed E-state index contributed by atoms with van der Waals surface area (Å²) in [5.41, 5.74) is 6.03. The van der Waals surface area contributed by atoms with Crippen molar-refractivity contribution in [2.75, 3.05) is 5.43 Å². The van der Waals surface area contributed by atoms with Gasteiger partial charge in [-0.15, -0.1) is 11.3 Å². The molecule has 1 N–H and O–H groups in total. The van der Waals surface area contributed by atoms with E-state index in [0.717, 1.165) is 27.7 Å². The average molecular weight is 337 g/mol. The van der Waals surface area contributed by atoms with Crippen LogP contribution >= 0.6 is 11.3 Å². The van der Waals surface area contributed by atoms with Crippen LogP contribution in [-0.4, -0.2) is 17.3 Å². The fourth-order valence-corrected chi connectivity index (χ4v) is 2.80. The number of hydrogen-bond donors (Lipinski definition) is 1. The SMILES string of the molecule is CC(C)Oc1ccc(C=NNc2nc(-c3ccccc3)cs2)cc1. The Kier molecular flexibility index (Phi) is 5.23. The normalized spacial score (nSPS) is 11.1. The van der Waals surface area contributed by atoms with E-state index in [1.807, 2.05) is 73.8 Å². The molecule has 3 rings (SSSR count). The zero-order valence-electron chi connectivity index (χ0n) is 13.6. The summed E-state index contributed by atoms with van der Waals surface area (Å²) in [6.07, 6.45) is 1.94.